The van der Waals surface area contributed by atoms with Crippen LogP contribution in [0.1, 0.15) is 22.3 Å². The second kappa shape index (κ2) is 19.2. The topological polar surface area (TPSA) is 34.0 Å². The lowest BCUT2D eigenvalue weighted by Crippen LogP contribution is -2.28. The number of hydrogen-bond acceptors (Lipinski definition) is 4. The monoisotopic (exact) mass is 1090 g/mol. The highest BCUT2D eigenvalue weighted by Gasteiger charge is 2.46. The number of fused-ring (bicyclic) bond motifs is 15. The van der Waals surface area contributed by atoms with Crippen molar-refractivity contribution in [3.05, 3.63) is 326 Å². The highest BCUT2D eigenvalue weighted by Crippen LogP contribution is 2.58. The Hall–Kier alpha value is -10.7. The predicted molar refractivity (Wildman–Crippen MR) is 353 cm³/mol. The van der Waals surface area contributed by atoms with Crippen molar-refractivity contribution in [3.63, 3.8) is 0 Å². The molecule has 1 aliphatic carbocycles. The van der Waals surface area contributed by atoms with Crippen LogP contribution in [0.2, 0.25) is 0 Å². The highest BCUT2D eigenvalue weighted by atomic mass is 32.1. The molecule has 0 N–H and O–H groups in total. The SMILES string of the molecule is c1ccc(-c2ccc(N(c3ccc4c(c3)C(c3ccccc3)(c3ccccc3)c3ccccc3-4)c3cccc4c3sc3c4c4ccccc4c4c3c3c5ccccc5ccc3n4-c3nc(-c4ccccc4)cc(-c4ccccc4)n3)cc2)cc1. The zero-order chi connectivity index (χ0) is 55.3. The normalized spacial score (nSPS) is 12.6. The lowest BCUT2D eigenvalue weighted by atomic mass is 9.67. The maximum absolute atomic E-state index is 5.55. The van der Waals surface area contributed by atoms with Crippen molar-refractivity contribution in [2.24, 2.45) is 0 Å². The summed E-state index contributed by atoms with van der Waals surface area (Å²) in [5, 5.41) is 9.54. The Balaban J connectivity index is 0.972. The predicted octanol–water partition coefficient (Wildman–Crippen LogP) is 21.1. The van der Waals surface area contributed by atoms with Crippen LogP contribution < -0.4 is 4.90 Å². The highest BCUT2D eigenvalue weighted by molar-refractivity contribution is 7.27. The van der Waals surface area contributed by atoms with Crippen LogP contribution in [0.4, 0.5) is 17.1 Å². The Labute approximate surface area is 490 Å². The van der Waals surface area contributed by atoms with Gasteiger partial charge in [-0.15, -0.1) is 11.3 Å². The van der Waals surface area contributed by atoms with E-state index in [2.05, 4.69) is 313 Å². The summed E-state index contributed by atoms with van der Waals surface area (Å²) in [4.78, 5) is 13.6. The van der Waals surface area contributed by atoms with Crippen LogP contribution >= 0.6 is 11.3 Å². The first-order chi connectivity index (χ1) is 41.7. The fraction of sp³-hybridized carbons (Fsp3) is 0.0127. The molecule has 84 heavy (non-hydrogen) atoms. The fourth-order valence-electron chi connectivity index (χ4n) is 13.9. The zero-order valence-electron chi connectivity index (χ0n) is 45.6. The molecule has 0 aliphatic heterocycles. The van der Waals surface area contributed by atoms with E-state index in [0.29, 0.717) is 5.95 Å². The number of benzene rings is 13. The molecule has 16 aromatic rings. The molecule has 0 amide bonds. The molecule has 0 saturated heterocycles. The van der Waals surface area contributed by atoms with E-state index in [9.17, 15) is 0 Å². The summed E-state index contributed by atoms with van der Waals surface area (Å²) in [6, 6.07) is 111. The van der Waals surface area contributed by atoms with Crippen molar-refractivity contribution in [1.29, 1.82) is 0 Å². The number of aromatic nitrogens is 3. The van der Waals surface area contributed by atoms with E-state index in [-0.39, 0.29) is 0 Å². The van der Waals surface area contributed by atoms with Gasteiger partial charge in [-0.1, -0.05) is 261 Å². The van der Waals surface area contributed by atoms with Crippen molar-refractivity contribution in [3.8, 4) is 50.7 Å². The molecule has 0 saturated carbocycles. The van der Waals surface area contributed by atoms with E-state index < -0.39 is 5.41 Å². The minimum atomic E-state index is -0.579. The van der Waals surface area contributed by atoms with E-state index in [1.807, 2.05) is 11.3 Å². The Morgan fingerprint density at radius 1 is 0.345 bits per heavy atom. The van der Waals surface area contributed by atoms with E-state index in [0.717, 1.165) is 56.0 Å². The molecule has 13 aromatic carbocycles. The molecular weight excluding hydrogens is 1040 g/mol. The van der Waals surface area contributed by atoms with Crippen LogP contribution in [-0.2, 0) is 5.41 Å². The van der Waals surface area contributed by atoms with Gasteiger partial charge in [-0.05, 0) is 103 Å². The summed E-state index contributed by atoms with van der Waals surface area (Å²) in [5.74, 6) is 0.628. The number of rotatable bonds is 9. The van der Waals surface area contributed by atoms with Crippen LogP contribution in [0.5, 0.6) is 0 Å². The molecule has 0 unspecified atom stereocenters. The standard InChI is InChI=1S/C79H50N4S/c1-6-23-51(24-7-1)52-41-44-58(45-42-52)82(59-46-47-62-61-35-20-21-39-66(61)79(67(62)49-59,56-30-12-4-13-31-56)57-32-14-5-15-33-57)71-40-22-38-65-72-63-36-18-19-37-64(63)75-74(77(72)84-76(65)71)73-60-34-17-16-25-53(60)43-48-70(73)83(75)78-80-68(54-26-8-2-9-27-54)50-69(81-78)55-28-10-3-11-29-55/h1-50H. The number of thiophene rings is 1. The van der Waals surface area contributed by atoms with E-state index in [4.69, 9.17) is 9.97 Å². The molecule has 17 rings (SSSR count). The Kier molecular flexibility index (Phi) is 11.0. The van der Waals surface area contributed by atoms with Gasteiger partial charge in [0.2, 0.25) is 5.95 Å². The maximum atomic E-state index is 5.55. The van der Waals surface area contributed by atoms with Crippen molar-refractivity contribution in [1.82, 2.24) is 14.5 Å². The van der Waals surface area contributed by atoms with Crippen LogP contribution in [0.15, 0.2) is 303 Å². The molecule has 0 atom stereocenters. The van der Waals surface area contributed by atoms with Crippen LogP contribution in [-0.4, -0.2) is 14.5 Å². The lowest BCUT2D eigenvalue weighted by molar-refractivity contribution is 0.768. The molecule has 3 heterocycles. The van der Waals surface area contributed by atoms with Gasteiger partial charge in [-0.2, -0.15) is 0 Å². The van der Waals surface area contributed by atoms with Gasteiger partial charge in [0, 0.05) is 54.1 Å². The van der Waals surface area contributed by atoms with E-state index >= 15 is 0 Å². The molecule has 4 nitrogen and oxygen atoms in total. The van der Waals surface area contributed by atoms with Gasteiger partial charge in [-0.3, -0.25) is 4.57 Å². The Morgan fingerprint density at radius 3 is 1.56 bits per heavy atom. The number of nitrogens with zero attached hydrogens (tertiary/aromatic N) is 4. The molecule has 392 valence electrons. The lowest BCUT2D eigenvalue weighted by Gasteiger charge is -2.35. The summed E-state index contributed by atoms with van der Waals surface area (Å²) >= 11 is 1.90. The summed E-state index contributed by atoms with van der Waals surface area (Å²) in [6.45, 7) is 0. The van der Waals surface area contributed by atoms with Crippen LogP contribution in [0.3, 0.4) is 0 Å². The van der Waals surface area contributed by atoms with Crippen molar-refractivity contribution >= 4 is 91.9 Å². The van der Waals surface area contributed by atoms with Crippen molar-refractivity contribution < 1.29 is 0 Å². The smallest absolute Gasteiger partial charge is 0.235 e. The van der Waals surface area contributed by atoms with Gasteiger partial charge < -0.3 is 4.90 Å². The van der Waals surface area contributed by atoms with Crippen LogP contribution in [0, 0.1) is 0 Å². The second-order valence-corrected chi connectivity index (χ2v) is 22.9. The van der Waals surface area contributed by atoms with Gasteiger partial charge in [0.05, 0.1) is 38.2 Å². The quantitative estimate of drug-likeness (QED) is 0.144. The first-order valence-electron chi connectivity index (χ1n) is 28.7. The minimum Gasteiger partial charge on any atom is -0.309 e. The maximum Gasteiger partial charge on any atom is 0.235 e. The third kappa shape index (κ3) is 7.26. The summed E-state index contributed by atoms with van der Waals surface area (Å²) < 4.78 is 4.79. The van der Waals surface area contributed by atoms with Gasteiger partial charge in [0.15, 0.2) is 0 Å². The van der Waals surface area contributed by atoms with Crippen LogP contribution in [0.25, 0.3) is 114 Å². The van der Waals surface area contributed by atoms with Gasteiger partial charge >= 0.3 is 0 Å². The van der Waals surface area contributed by atoms with E-state index in [1.54, 1.807) is 0 Å². The van der Waals surface area contributed by atoms with Crippen molar-refractivity contribution in [2.75, 3.05) is 4.90 Å². The Morgan fingerprint density at radius 2 is 0.881 bits per heavy atom. The van der Waals surface area contributed by atoms with Crippen molar-refractivity contribution in [2.45, 2.75) is 5.41 Å². The second-order valence-electron chi connectivity index (χ2n) is 21.9. The average molecular weight is 1090 g/mol. The molecule has 0 spiro atoms. The molecule has 0 fully saturated rings. The molecule has 5 heteroatoms. The molecule has 0 radical (unpaired) electrons. The first kappa shape index (κ1) is 48.0. The summed E-state index contributed by atoms with van der Waals surface area (Å²) in [5.41, 5.74) is 18.5. The molecule has 1 aliphatic rings. The summed E-state index contributed by atoms with van der Waals surface area (Å²) in [6.07, 6.45) is 0. The average Bonchev–Trinajstić information content (AvgIpc) is 1.80. The number of hydrogen-bond donors (Lipinski definition) is 0. The van der Waals surface area contributed by atoms with Gasteiger partial charge in [-0.25, -0.2) is 9.97 Å². The largest absolute Gasteiger partial charge is 0.309 e. The molecular formula is C79H50N4S. The van der Waals surface area contributed by atoms with Gasteiger partial charge in [0.1, 0.15) is 0 Å². The molecule has 3 aromatic heterocycles. The minimum absolute atomic E-state index is 0.579. The van der Waals surface area contributed by atoms with Gasteiger partial charge in [0.25, 0.3) is 0 Å². The fourth-order valence-corrected chi connectivity index (χ4v) is 15.2. The first-order valence-corrected chi connectivity index (χ1v) is 29.5. The molecule has 0 bridgehead atoms. The summed E-state index contributed by atoms with van der Waals surface area (Å²) in [7, 11) is 0. The third-order valence-electron chi connectivity index (χ3n) is 17.5. The zero-order valence-corrected chi connectivity index (χ0v) is 46.4. The third-order valence-corrected chi connectivity index (χ3v) is 18.7. The Bertz CT molecular complexity index is 5130. The number of anilines is 3. The van der Waals surface area contributed by atoms with E-state index in [1.165, 1.54) is 91.6 Å².